The molecule has 1 saturated heterocycles. The van der Waals surface area contributed by atoms with Crippen LogP contribution in [-0.2, 0) is 16.0 Å². The Morgan fingerprint density at radius 1 is 1.15 bits per heavy atom. The highest BCUT2D eigenvalue weighted by Crippen LogP contribution is 2.44. The van der Waals surface area contributed by atoms with Gasteiger partial charge in [0, 0.05) is 5.56 Å². The summed E-state index contributed by atoms with van der Waals surface area (Å²) < 4.78 is 20.1. The molecule has 0 aliphatic carbocycles. The fourth-order valence-electron chi connectivity index (χ4n) is 3.94. The summed E-state index contributed by atoms with van der Waals surface area (Å²) in [6.07, 6.45) is 0.858. The van der Waals surface area contributed by atoms with Gasteiger partial charge in [0.2, 0.25) is 0 Å². The third-order valence-electron chi connectivity index (χ3n) is 5.65. The van der Waals surface area contributed by atoms with Gasteiger partial charge in [-0.1, -0.05) is 24.3 Å². The van der Waals surface area contributed by atoms with E-state index in [9.17, 15) is 19.1 Å². The van der Waals surface area contributed by atoms with Gasteiger partial charge in [-0.2, -0.15) is 0 Å². The molecule has 0 radical (unpaired) electrons. The van der Waals surface area contributed by atoms with Crippen LogP contribution < -0.4 is 4.90 Å². The number of amides is 1. The van der Waals surface area contributed by atoms with Gasteiger partial charge in [-0.25, -0.2) is 9.37 Å². The standard InChI is InChI=1S/C25H19FN2O4S/c1-3-14-5-10-17-19(12-14)33-25(27-17)28-21(18-11-4-13(2)32-18)20(23(30)24(28)31)22(29)15-6-8-16(26)9-7-15/h4-12,21,29H,3H2,1-2H3/b22-20+. The predicted octanol–water partition coefficient (Wildman–Crippen LogP) is 5.53. The molecule has 0 spiro atoms. The van der Waals surface area contributed by atoms with Crippen molar-refractivity contribution in [1.29, 1.82) is 0 Å². The van der Waals surface area contributed by atoms with Gasteiger partial charge in [-0.15, -0.1) is 0 Å². The summed E-state index contributed by atoms with van der Waals surface area (Å²) in [5, 5.41) is 11.3. The molecular formula is C25H19FN2O4S. The number of benzene rings is 2. The molecule has 0 bridgehead atoms. The van der Waals surface area contributed by atoms with Gasteiger partial charge < -0.3 is 9.52 Å². The Hall–Kier alpha value is -3.78. The second kappa shape index (κ2) is 7.97. The molecule has 1 aliphatic heterocycles. The number of ketones is 1. The average Bonchev–Trinajstić information content (AvgIpc) is 3.49. The Morgan fingerprint density at radius 2 is 1.91 bits per heavy atom. The molecule has 33 heavy (non-hydrogen) atoms. The zero-order chi connectivity index (χ0) is 23.3. The van der Waals surface area contributed by atoms with E-state index >= 15 is 0 Å². The molecule has 6 nitrogen and oxygen atoms in total. The first-order chi connectivity index (χ1) is 15.9. The number of fused-ring (bicyclic) bond motifs is 1. The minimum atomic E-state index is -1.00. The van der Waals surface area contributed by atoms with Crippen molar-refractivity contribution in [2.75, 3.05) is 4.90 Å². The van der Waals surface area contributed by atoms with E-state index in [1.807, 2.05) is 18.2 Å². The van der Waals surface area contributed by atoms with Crippen LogP contribution >= 0.6 is 11.3 Å². The summed E-state index contributed by atoms with van der Waals surface area (Å²) in [4.78, 5) is 32.2. The van der Waals surface area contributed by atoms with Gasteiger partial charge in [-0.05, 0) is 67.4 Å². The summed E-state index contributed by atoms with van der Waals surface area (Å²) in [6, 6.07) is 13.3. The maximum Gasteiger partial charge on any atom is 0.302 e. The molecule has 1 fully saturated rings. The number of aryl methyl sites for hydroxylation is 2. The van der Waals surface area contributed by atoms with Crippen molar-refractivity contribution in [3.8, 4) is 0 Å². The van der Waals surface area contributed by atoms with Crippen LogP contribution in [0.4, 0.5) is 9.52 Å². The van der Waals surface area contributed by atoms with Gasteiger partial charge in [-0.3, -0.25) is 14.5 Å². The van der Waals surface area contributed by atoms with Crippen LogP contribution in [0.5, 0.6) is 0 Å². The van der Waals surface area contributed by atoms with Crippen molar-refractivity contribution < 1.29 is 23.5 Å². The number of aromatic nitrogens is 1. The largest absolute Gasteiger partial charge is 0.507 e. The molecule has 8 heteroatoms. The molecule has 2 aromatic heterocycles. The van der Waals surface area contributed by atoms with Crippen LogP contribution in [-0.4, -0.2) is 21.8 Å². The van der Waals surface area contributed by atoms with Gasteiger partial charge in [0.05, 0.1) is 15.8 Å². The van der Waals surface area contributed by atoms with Crippen molar-refractivity contribution in [3.05, 3.63) is 88.6 Å². The monoisotopic (exact) mass is 462 g/mol. The molecule has 1 amide bonds. The third kappa shape index (κ3) is 3.52. The normalized spacial score (nSPS) is 17.9. The van der Waals surface area contributed by atoms with Crippen molar-refractivity contribution in [3.63, 3.8) is 0 Å². The zero-order valence-corrected chi connectivity index (χ0v) is 18.6. The number of aliphatic hydroxyl groups is 1. The number of hydrogen-bond donors (Lipinski definition) is 1. The van der Waals surface area contributed by atoms with Crippen molar-refractivity contribution in [1.82, 2.24) is 4.98 Å². The molecule has 4 aromatic rings. The molecule has 166 valence electrons. The lowest BCUT2D eigenvalue weighted by molar-refractivity contribution is -0.132. The molecular weight excluding hydrogens is 443 g/mol. The minimum Gasteiger partial charge on any atom is -0.507 e. The van der Waals surface area contributed by atoms with Crippen molar-refractivity contribution >= 4 is 44.1 Å². The van der Waals surface area contributed by atoms with E-state index in [1.54, 1.807) is 19.1 Å². The fraction of sp³-hybridized carbons (Fsp3) is 0.160. The Labute approximate surface area is 192 Å². The maximum atomic E-state index is 13.4. The number of rotatable bonds is 4. The molecule has 5 rings (SSSR count). The summed E-state index contributed by atoms with van der Waals surface area (Å²) in [6.45, 7) is 3.80. The molecule has 1 unspecified atom stereocenters. The molecule has 1 atom stereocenters. The van der Waals surface area contributed by atoms with E-state index in [0.717, 1.165) is 16.7 Å². The highest BCUT2D eigenvalue weighted by Gasteiger charge is 2.49. The predicted molar refractivity (Wildman–Crippen MR) is 124 cm³/mol. The first-order valence-corrected chi connectivity index (χ1v) is 11.2. The number of thiazole rings is 1. The van der Waals surface area contributed by atoms with Crippen LogP contribution in [0.2, 0.25) is 0 Å². The zero-order valence-electron chi connectivity index (χ0n) is 17.8. The molecule has 2 aromatic carbocycles. The Kier molecular flexibility index (Phi) is 5.09. The first-order valence-electron chi connectivity index (χ1n) is 10.4. The lowest BCUT2D eigenvalue weighted by atomic mass is 9.99. The first kappa shape index (κ1) is 21.1. The van der Waals surface area contributed by atoms with E-state index in [1.165, 1.54) is 40.5 Å². The second-order valence-corrected chi connectivity index (χ2v) is 8.79. The summed E-state index contributed by atoms with van der Waals surface area (Å²) in [5.74, 6) is -1.63. The fourth-order valence-corrected chi connectivity index (χ4v) is 5.00. The lowest BCUT2D eigenvalue weighted by Crippen LogP contribution is -2.29. The van der Waals surface area contributed by atoms with Gasteiger partial charge >= 0.3 is 5.91 Å². The average molecular weight is 463 g/mol. The van der Waals surface area contributed by atoms with E-state index in [2.05, 4.69) is 11.9 Å². The number of aliphatic hydroxyl groups excluding tert-OH is 1. The summed E-state index contributed by atoms with van der Waals surface area (Å²) in [5.41, 5.74) is 1.94. The van der Waals surface area contributed by atoms with Crippen LogP contribution in [0.1, 0.15) is 35.6 Å². The third-order valence-corrected chi connectivity index (χ3v) is 6.67. The van der Waals surface area contributed by atoms with E-state index in [-0.39, 0.29) is 11.1 Å². The molecule has 1 aliphatic rings. The minimum absolute atomic E-state index is 0.130. The molecule has 3 heterocycles. The number of anilines is 1. The smallest absolute Gasteiger partial charge is 0.302 e. The molecule has 1 N–H and O–H groups in total. The number of carbonyl (C=O) groups is 2. The van der Waals surface area contributed by atoms with Crippen LogP contribution in [0.3, 0.4) is 0 Å². The van der Waals surface area contributed by atoms with Crippen LogP contribution in [0.15, 0.2) is 64.6 Å². The van der Waals surface area contributed by atoms with E-state index in [4.69, 9.17) is 4.42 Å². The number of carbonyl (C=O) groups excluding carboxylic acids is 2. The van der Waals surface area contributed by atoms with Crippen molar-refractivity contribution in [2.24, 2.45) is 0 Å². The number of furan rings is 1. The lowest BCUT2D eigenvalue weighted by Gasteiger charge is -2.20. The topological polar surface area (TPSA) is 83.6 Å². The van der Waals surface area contributed by atoms with Crippen LogP contribution in [0.25, 0.3) is 16.0 Å². The Bertz CT molecular complexity index is 1430. The summed E-state index contributed by atoms with van der Waals surface area (Å²) in [7, 11) is 0. The quantitative estimate of drug-likeness (QED) is 0.245. The molecule has 0 saturated carbocycles. The van der Waals surface area contributed by atoms with E-state index in [0.29, 0.717) is 22.2 Å². The number of Topliss-reactive ketones (excluding diaryl/α,β-unsaturated/α-hetero) is 1. The SMILES string of the molecule is CCc1ccc2nc(N3C(=O)C(=O)/C(=C(/O)c4ccc(F)cc4)C3c3ccc(C)o3)sc2c1. The summed E-state index contributed by atoms with van der Waals surface area (Å²) >= 11 is 1.29. The maximum absolute atomic E-state index is 13.4. The van der Waals surface area contributed by atoms with Gasteiger partial charge in [0.15, 0.2) is 5.13 Å². The Morgan fingerprint density at radius 3 is 2.58 bits per heavy atom. The highest BCUT2D eigenvalue weighted by atomic mass is 32.1. The second-order valence-electron chi connectivity index (χ2n) is 7.78. The number of halogens is 1. The van der Waals surface area contributed by atoms with Gasteiger partial charge in [0.25, 0.3) is 5.78 Å². The Balaban J connectivity index is 1.70. The van der Waals surface area contributed by atoms with Gasteiger partial charge in [0.1, 0.15) is 29.1 Å². The van der Waals surface area contributed by atoms with Crippen LogP contribution in [0, 0.1) is 12.7 Å². The van der Waals surface area contributed by atoms with E-state index < -0.39 is 29.3 Å². The number of hydrogen-bond acceptors (Lipinski definition) is 6. The number of nitrogens with zero attached hydrogens (tertiary/aromatic N) is 2. The highest BCUT2D eigenvalue weighted by molar-refractivity contribution is 7.22. The van der Waals surface area contributed by atoms with Crippen molar-refractivity contribution in [2.45, 2.75) is 26.3 Å².